The summed E-state index contributed by atoms with van der Waals surface area (Å²) < 4.78 is 6.78. The van der Waals surface area contributed by atoms with Crippen LogP contribution in [0.25, 0.3) is 0 Å². The van der Waals surface area contributed by atoms with Crippen LogP contribution in [-0.4, -0.2) is 53.9 Å². The molecule has 0 aliphatic carbocycles. The Balaban J connectivity index is 2.53. The first-order valence-corrected chi connectivity index (χ1v) is 8.48. The van der Waals surface area contributed by atoms with Crippen LogP contribution in [0.2, 0.25) is 0 Å². The van der Waals surface area contributed by atoms with Gasteiger partial charge in [0.1, 0.15) is 0 Å². The summed E-state index contributed by atoms with van der Waals surface area (Å²) in [4.78, 5) is 17.7. The second-order valence-corrected chi connectivity index (χ2v) is 6.11. The summed E-state index contributed by atoms with van der Waals surface area (Å²) in [5.41, 5.74) is 2.31. The quantitative estimate of drug-likeness (QED) is 0.339. The van der Waals surface area contributed by atoms with Crippen LogP contribution in [0.1, 0.15) is 50.8 Å². The Morgan fingerprint density at radius 2 is 2.21 bits per heavy atom. The number of carbonyl (C=O) groups is 1. The molecule has 7 nitrogen and oxygen atoms in total. The Labute approximate surface area is 145 Å². The third kappa shape index (κ3) is 6.22. The Morgan fingerprint density at radius 1 is 1.50 bits per heavy atom. The van der Waals surface area contributed by atoms with Gasteiger partial charge >= 0.3 is 5.97 Å². The lowest BCUT2D eigenvalue weighted by Crippen LogP contribution is -2.39. The minimum atomic E-state index is -0.153. The number of ether oxygens (including phenoxy) is 1. The van der Waals surface area contributed by atoms with E-state index in [2.05, 4.69) is 40.4 Å². The fourth-order valence-electron chi connectivity index (χ4n) is 2.54. The maximum atomic E-state index is 11.3. The summed E-state index contributed by atoms with van der Waals surface area (Å²) in [5, 5.41) is 7.82. The maximum Gasteiger partial charge on any atom is 0.305 e. The maximum absolute atomic E-state index is 11.3. The van der Waals surface area contributed by atoms with Gasteiger partial charge in [0.25, 0.3) is 0 Å². The summed E-state index contributed by atoms with van der Waals surface area (Å²) in [6.07, 6.45) is 3.19. The molecule has 0 spiro atoms. The molecule has 136 valence electrons. The van der Waals surface area contributed by atoms with Crippen molar-refractivity contribution >= 4 is 11.9 Å². The Bertz CT molecular complexity index is 551. The average Bonchev–Trinajstić information content (AvgIpc) is 2.88. The highest BCUT2D eigenvalue weighted by Crippen LogP contribution is 2.18. The third-order valence-electron chi connectivity index (χ3n) is 3.61. The van der Waals surface area contributed by atoms with Crippen LogP contribution in [-0.2, 0) is 23.1 Å². The van der Waals surface area contributed by atoms with Crippen molar-refractivity contribution in [1.82, 2.24) is 20.0 Å². The largest absolute Gasteiger partial charge is 0.466 e. The smallest absolute Gasteiger partial charge is 0.305 e. The second-order valence-electron chi connectivity index (χ2n) is 6.11. The summed E-state index contributed by atoms with van der Waals surface area (Å²) in [6.45, 7) is 7.96. The van der Waals surface area contributed by atoms with Crippen molar-refractivity contribution in [2.75, 3.05) is 27.2 Å². The number of nitrogens with zero attached hydrogens (tertiary/aromatic N) is 4. The van der Waals surface area contributed by atoms with Gasteiger partial charge in [-0.2, -0.15) is 5.10 Å². The van der Waals surface area contributed by atoms with E-state index in [0.717, 1.165) is 24.6 Å². The fraction of sp³-hybridized carbons (Fsp3) is 0.706. The van der Waals surface area contributed by atoms with Crippen molar-refractivity contribution in [3.63, 3.8) is 0 Å². The molecule has 7 heteroatoms. The van der Waals surface area contributed by atoms with Crippen LogP contribution in [0, 0.1) is 0 Å². The molecule has 0 aromatic carbocycles. The van der Waals surface area contributed by atoms with E-state index in [0.29, 0.717) is 25.5 Å². The first-order valence-electron chi connectivity index (χ1n) is 8.48. The van der Waals surface area contributed by atoms with Crippen molar-refractivity contribution in [1.29, 1.82) is 0 Å². The van der Waals surface area contributed by atoms with Gasteiger partial charge in [0, 0.05) is 52.4 Å². The van der Waals surface area contributed by atoms with Gasteiger partial charge in [-0.15, -0.1) is 0 Å². The van der Waals surface area contributed by atoms with Gasteiger partial charge in [-0.05, 0) is 19.3 Å². The zero-order valence-corrected chi connectivity index (χ0v) is 15.8. The Morgan fingerprint density at radius 3 is 2.79 bits per heavy atom. The number of hydrogen-bond acceptors (Lipinski definition) is 4. The van der Waals surface area contributed by atoms with Crippen LogP contribution in [0.15, 0.2) is 11.2 Å². The van der Waals surface area contributed by atoms with Crippen LogP contribution in [0.4, 0.5) is 0 Å². The van der Waals surface area contributed by atoms with Gasteiger partial charge in [-0.1, -0.05) is 13.8 Å². The van der Waals surface area contributed by atoms with E-state index in [1.807, 2.05) is 25.7 Å². The molecule has 0 saturated carbocycles. The van der Waals surface area contributed by atoms with Crippen molar-refractivity contribution in [2.45, 2.75) is 46.1 Å². The molecule has 0 radical (unpaired) electrons. The van der Waals surface area contributed by atoms with Gasteiger partial charge in [0.15, 0.2) is 5.96 Å². The predicted octanol–water partition coefficient (Wildman–Crippen LogP) is 1.89. The van der Waals surface area contributed by atoms with Crippen molar-refractivity contribution in [3.8, 4) is 0 Å². The molecule has 0 fully saturated rings. The summed E-state index contributed by atoms with van der Waals surface area (Å²) in [7, 11) is 5.70. The number of hydrogen-bond donors (Lipinski definition) is 1. The molecule has 1 N–H and O–H groups in total. The highest BCUT2D eigenvalue weighted by atomic mass is 16.5. The second kappa shape index (κ2) is 9.95. The zero-order chi connectivity index (χ0) is 18.1. The van der Waals surface area contributed by atoms with E-state index >= 15 is 0 Å². The van der Waals surface area contributed by atoms with Gasteiger partial charge in [0.2, 0.25) is 0 Å². The first-order chi connectivity index (χ1) is 11.4. The molecule has 0 bridgehead atoms. The molecule has 0 saturated heterocycles. The van der Waals surface area contributed by atoms with E-state index in [4.69, 9.17) is 4.74 Å². The minimum absolute atomic E-state index is 0.153. The number of carbonyl (C=O) groups excluding carboxylic acids is 1. The topological polar surface area (TPSA) is 71.8 Å². The van der Waals surface area contributed by atoms with Crippen molar-refractivity contribution in [3.05, 3.63) is 17.5 Å². The Hall–Kier alpha value is -2.05. The first kappa shape index (κ1) is 20.0. The number of rotatable bonds is 8. The third-order valence-corrected chi connectivity index (χ3v) is 3.61. The van der Waals surface area contributed by atoms with Gasteiger partial charge in [0.05, 0.1) is 12.3 Å². The zero-order valence-electron chi connectivity index (χ0n) is 15.8. The molecular formula is C17H31N5O2. The summed E-state index contributed by atoms with van der Waals surface area (Å²) >= 11 is 0. The number of aromatic nitrogens is 2. The molecule has 0 atom stereocenters. The van der Waals surface area contributed by atoms with E-state index in [-0.39, 0.29) is 5.97 Å². The lowest BCUT2D eigenvalue weighted by atomic mass is 10.1. The van der Waals surface area contributed by atoms with Crippen molar-refractivity contribution < 1.29 is 9.53 Å². The van der Waals surface area contributed by atoms with Crippen LogP contribution in [0.5, 0.6) is 0 Å². The molecule has 0 aliphatic heterocycles. The minimum Gasteiger partial charge on any atom is -0.466 e. The van der Waals surface area contributed by atoms with Crippen molar-refractivity contribution in [2.24, 2.45) is 12.0 Å². The van der Waals surface area contributed by atoms with E-state index < -0.39 is 0 Å². The monoisotopic (exact) mass is 337 g/mol. The van der Waals surface area contributed by atoms with Gasteiger partial charge < -0.3 is 15.0 Å². The number of aryl methyl sites for hydroxylation is 1. The summed E-state index contributed by atoms with van der Waals surface area (Å²) in [6, 6.07) is 0. The molecule has 1 aromatic rings. The Kier molecular flexibility index (Phi) is 8.29. The molecule has 0 unspecified atom stereocenters. The van der Waals surface area contributed by atoms with E-state index in [1.165, 1.54) is 5.56 Å². The van der Waals surface area contributed by atoms with Crippen LogP contribution in [0.3, 0.4) is 0 Å². The molecule has 24 heavy (non-hydrogen) atoms. The number of aliphatic imine (C=N–C) groups is 1. The van der Waals surface area contributed by atoms with Gasteiger partial charge in [-0.3, -0.25) is 14.5 Å². The number of nitrogens with one attached hydrogen (secondary N) is 1. The number of guanidine groups is 1. The van der Waals surface area contributed by atoms with E-state index in [9.17, 15) is 4.79 Å². The normalized spacial score (nSPS) is 11.7. The fourth-order valence-corrected chi connectivity index (χ4v) is 2.54. The number of esters is 1. The summed E-state index contributed by atoms with van der Waals surface area (Å²) in [5.74, 6) is 1.03. The lowest BCUT2D eigenvalue weighted by Gasteiger charge is -2.22. The lowest BCUT2D eigenvalue weighted by molar-refractivity contribution is -0.143. The molecule has 0 aliphatic rings. The molecule has 0 amide bonds. The highest BCUT2D eigenvalue weighted by Gasteiger charge is 2.15. The standard InChI is InChI=1S/C17H31N5O2/c1-7-24-15(23)9-8-10-19-17(18-4)21(5)11-14-12-22(6)20-16(14)13(2)3/h12-13H,7-11H2,1-6H3,(H,18,19). The molecule has 1 heterocycles. The van der Waals surface area contributed by atoms with Crippen LogP contribution >= 0.6 is 0 Å². The predicted molar refractivity (Wildman–Crippen MR) is 96.0 cm³/mol. The van der Waals surface area contributed by atoms with Gasteiger partial charge in [-0.25, -0.2) is 0 Å². The molecule has 1 aromatic heterocycles. The van der Waals surface area contributed by atoms with Crippen LogP contribution < -0.4 is 5.32 Å². The molecule has 1 rings (SSSR count). The highest BCUT2D eigenvalue weighted by molar-refractivity contribution is 5.79. The molecular weight excluding hydrogens is 306 g/mol. The SMILES string of the molecule is CCOC(=O)CCCNC(=NC)N(C)Cc1cn(C)nc1C(C)C. The van der Waals surface area contributed by atoms with E-state index in [1.54, 1.807) is 7.05 Å². The average molecular weight is 337 g/mol.